The molecule has 7 heteroatoms. The summed E-state index contributed by atoms with van der Waals surface area (Å²) in [7, 11) is 1.63. The van der Waals surface area contributed by atoms with E-state index in [1.165, 1.54) is 11.8 Å². The second-order valence-electron chi connectivity index (χ2n) is 6.88. The number of rotatable bonds is 8. The molecule has 31 heavy (non-hydrogen) atoms. The number of para-hydroxylation sites is 3. The number of fused-ring (bicyclic) bond motifs is 1. The van der Waals surface area contributed by atoms with Crippen LogP contribution in [0.15, 0.2) is 72.3 Å². The average Bonchev–Trinajstić information content (AvgIpc) is 3.27. The van der Waals surface area contributed by atoms with Gasteiger partial charge < -0.3 is 14.0 Å². The molecule has 1 aliphatic rings. The maximum Gasteiger partial charge on any atom is 0.266 e. The number of carbonyl (C=O) groups is 1. The summed E-state index contributed by atoms with van der Waals surface area (Å²) in [5.41, 5.74) is 2.06. The van der Waals surface area contributed by atoms with Gasteiger partial charge in [-0.15, -0.1) is 6.58 Å². The molecule has 1 fully saturated rings. The van der Waals surface area contributed by atoms with Gasteiger partial charge in [0, 0.05) is 29.2 Å². The van der Waals surface area contributed by atoms with Gasteiger partial charge in [0.2, 0.25) is 0 Å². The van der Waals surface area contributed by atoms with E-state index in [9.17, 15) is 4.79 Å². The van der Waals surface area contributed by atoms with Crippen LogP contribution in [-0.2, 0) is 11.3 Å². The zero-order valence-corrected chi connectivity index (χ0v) is 18.7. The molecule has 0 radical (unpaired) electrons. The molecule has 1 aromatic heterocycles. The van der Waals surface area contributed by atoms with Gasteiger partial charge in [0.15, 0.2) is 11.5 Å². The molecule has 0 bridgehead atoms. The summed E-state index contributed by atoms with van der Waals surface area (Å²) in [6, 6.07) is 15.7. The largest absolute Gasteiger partial charge is 0.493 e. The zero-order valence-electron chi connectivity index (χ0n) is 17.1. The number of amides is 1. The Kier molecular flexibility index (Phi) is 6.44. The Bertz CT molecular complexity index is 1180. The molecule has 2 heterocycles. The lowest BCUT2D eigenvalue weighted by Gasteiger charge is -2.11. The lowest BCUT2D eigenvalue weighted by atomic mass is 10.1. The number of aromatic nitrogens is 1. The lowest BCUT2D eigenvalue weighted by Crippen LogP contribution is -2.27. The van der Waals surface area contributed by atoms with Gasteiger partial charge in [-0.3, -0.25) is 9.69 Å². The molecule has 5 nitrogen and oxygen atoms in total. The number of thiocarbonyl (C=S) groups is 1. The van der Waals surface area contributed by atoms with Crippen LogP contribution in [0.1, 0.15) is 5.56 Å². The molecule has 0 spiro atoms. The predicted molar refractivity (Wildman–Crippen MR) is 131 cm³/mol. The van der Waals surface area contributed by atoms with E-state index in [-0.39, 0.29) is 5.91 Å². The molecule has 0 unspecified atom stereocenters. The van der Waals surface area contributed by atoms with Crippen LogP contribution in [0.3, 0.4) is 0 Å². The Morgan fingerprint density at radius 3 is 2.65 bits per heavy atom. The summed E-state index contributed by atoms with van der Waals surface area (Å²) < 4.78 is 14.0. The standard InChI is InChI=1S/C24H22N2O3S2/c1-3-12-26-23(27)22(31-24(26)30)15-17-16-25(19-9-5-4-8-18(17)19)13-14-29-21-11-7-6-10-20(21)28-2/h3-11,15-16H,1,12-14H2,2H3. The Hall–Kier alpha value is -3.03. The molecule has 3 aromatic rings. The lowest BCUT2D eigenvalue weighted by molar-refractivity contribution is -0.121. The molecule has 0 N–H and O–H groups in total. The number of benzene rings is 2. The Morgan fingerprint density at radius 1 is 1.13 bits per heavy atom. The topological polar surface area (TPSA) is 43.7 Å². The van der Waals surface area contributed by atoms with E-state index in [2.05, 4.69) is 29.5 Å². The molecule has 1 saturated heterocycles. The van der Waals surface area contributed by atoms with E-state index in [0.29, 0.717) is 40.4 Å². The van der Waals surface area contributed by atoms with E-state index in [1.54, 1.807) is 18.1 Å². The molecule has 1 amide bonds. The van der Waals surface area contributed by atoms with E-state index in [1.807, 2.05) is 42.5 Å². The number of methoxy groups -OCH3 is 1. The highest BCUT2D eigenvalue weighted by Gasteiger charge is 2.31. The molecular weight excluding hydrogens is 428 g/mol. The molecule has 0 saturated carbocycles. The van der Waals surface area contributed by atoms with Crippen LogP contribution in [0, 0.1) is 0 Å². The molecule has 4 rings (SSSR count). The number of carbonyl (C=O) groups excluding carboxylic acids is 1. The third-order valence-electron chi connectivity index (χ3n) is 4.95. The minimum absolute atomic E-state index is 0.0776. The van der Waals surface area contributed by atoms with E-state index in [0.717, 1.165) is 16.5 Å². The van der Waals surface area contributed by atoms with Crippen molar-refractivity contribution in [2.75, 3.05) is 20.3 Å². The minimum Gasteiger partial charge on any atom is -0.493 e. The Balaban J connectivity index is 1.57. The van der Waals surface area contributed by atoms with Crippen molar-refractivity contribution in [2.24, 2.45) is 0 Å². The zero-order chi connectivity index (χ0) is 21.8. The van der Waals surface area contributed by atoms with Crippen molar-refractivity contribution in [1.29, 1.82) is 0 Å². The van der Waals surface area contributed by atoms with Crippen molar-refractivity contribution < 1.29 is 14.3 Å². The smallest absolute Gasteiger partial charge is 0.266 e. The fourth-order valence-corrected chi connectivity index (χ4v) is 4.76. The highest BCUT2D eigenvalue weighted by molar-refractivity contribution is 8.26. The number of hydrogen-bond donors (Lipinski definition) is 0. The summed E-state index contributed by atoms with van der Waals surface area (Å²) in [4.78, 5) is 14.9. The molecule has 158 valence electrons. The number of hydrogen-bond acceptors (Lipinski definition) is 5. The van der Waals surface area contributed by atoms with Gasteiger partial charge in [0.25, 0.3) is 5.91 Å². The van der Waals surface area contributed by atoms with E-state index < -0.39 is 0 Å². The normalized spacial score (nSPS) is 15.1. The van der Waals surface area contributed by atoms with Crippen LogP contribution < -0.4 is 9.47 Å². The maximum absolute atomic E-state index is 12.7. The van der Waals surface area contributed by atoms with Gasteiger partial charge in [-0.25, -0.2) is 0 Å². The van der Waals surface area contributed by atoms with Crippen LogP contribution in [-0.4, -0.2) is 40.0 Å². The van der Waals surface area contributed by atoms with Crippen LogP contribution in [0.2, 0.25) is 0 Å². The molecule has 0 aliphatic carbocycles. The summed E-state index contributed by atoms with van der Waals surface area (Å²) in [5.74, 6) is 1.35. The van der Waals surface area contributed by atoms with Gasteiger partial charge in [-0.05, 0) is 24.3 Å². The Morgan fingerprint density at radius 2 is 1.87 bits per heavy atom. The fraction of sp³-hybridized carbons (Fsp3) is 0.167. The molecule has 0 atom stereocenters. The highest BCUT2D eigenvalue weighted by Crippen LogP contribution is 2.34. The average molecular weight is 451 g/mol. The number of nitrogens with zero attached hydrogens (tertiary/aromatic N) is 2. The third kappa shape index (κ3) is 4.38. The number of thioether (sulfide) groups is 1. The van der Waals surface area contributed by atoms with Gasteiger partial charge in [0.05, 0.1) is 18.6 Å². The van der Waals surface area contributed by atoms with Crippen molar-refractivity contribution in [3.63, 3.8) is 0 Å². The predicted octanol–water partition coefficient (Wildman–Crippen LogP) is 5.12. The number of ether oxygens (including phenoxy) is 2. The molecule has 1 aliphatic heterocycles. The quantitative estimate of drug-likeness (QED) is 0.271. The first-order valence-corrected chi connectivity index (χ1v) is 11.0. The van der Waals surface area contributed by atoms with Crippen LogP contribution in [0.25, 0.3) is 17.0 Å². The van der Waals surface area contributed by atoms with Crippen molar-refractivity contribution in [2.45, 2.75) is 6.54 Å². The van der Waals surface area contributed by atoms with Crippen LogP contribution in [0.4, 0.5) is 0 Å². The van der Waals surface area contributed by atoms with E-state index in [4.69, 9.17) is 21.7 Å². The summed E-state index contributed by atoms with van der Waals surface area (Å²) in [6.07, 6.45) is 5.65. The molecule has 2 aromatic carbocycles. The van der Waals surface area contributed by atoms with Crippen LogP contribution >= 0.6 is 24.0 Å². The first-order chi connectivity index (χ1) is 15.1. The first kappa shape index (κ1) is 21.2. The summed E-state index contributed by atoms with van der Waals surface area (Å²) in [6.45, 7) is 5.27. The monoisotopic (exact) mass is 450 g/mol. The van der Waals surface area contributed by atoms with Crippen molar-refractivity contribution in [3.05, 3.63) is 77.9 Å². The Labute approximate surface area is 190 Å². The van der Waals surface area contributed by atoms with Gasteiger partial charge in [-0.1, -0.05) is 60.4 Å². The van der Waals surface area contributed by atoms with Crippen molar-refractivity contribution >= 4 is 51.2 Å². The molecular formula is C24H22N2O3S2. The second-order valence-corrected chi connectivity index (χ2v) is 8.55. The van der Waals surface area contributed by atoms with Crippen molar-refractivity contribution in [1.82, 2.24) is 9.47 Å². The van der Waals surface area contributed by atoms with Crippen LogP contribution in [0.5, 0.6) is 11.5 Å². The van der Waals surface area contributed by atoms with Gasteiger partial charge in [-0.2, -0.15) is 0 Å². The second kappa shape index (κ2) is 9.41. The fourth-order valence-electron chi connectivity index (χ4n) is 3.49. The highest BCUT2D eigenvalue weighted by atomic mass is 32.2. The first-order valence-electron chi connectivity index (χ1n) is 9.82. The minimum atomic E-state index is -0.0776. The maximum atomic E-state index is 12.7. The third-order valence-corrected chi connectivity index (χ3v) is 6.33. The van der Waals surface area contributed by atoms with Gasteiger partial charge >= 0.3 is 0 Å². The van der Waals surface area contributed by atoms with Gasteiger partial charge in [0.1, 0.15) is 10.9 Å². The summed E-state index contributed by atoms with van der Waals surface area (Å²) >= 11 is 6.68. The van der Waals surface area contributed by atoms with Crippen molar-refractivity contribution in [3.8, 4) is 11.5 Å². The van der Waals surface area contributed by atoms with E-state index >= 15 is 0 Å². The SMILES string of the molecule is C=CCN1C(=O)C(=Cc2cn(CCOc3ccccc3OC)c3ccccc23)SC1=S. The summed E-state index contributed by atoms with van der Waals surface area (Å²) in [5, 5.41) is 1.08.